The van der Waals surface area contributed by atoms with Crippen LogP contribution in [-0.2, 0) is 6.54 Å². The summed E-state index contributed by atoms with van der Waals surface area (Å²) in [7, 11) is 3.85. The van der Waals surface area contributed by atoms with Gasteiger partial charge in [0.05, 0.1) is 12.1 Å². The molecule has 0 radical (unpaired) electrons. The molecule has 0 aliphatic carbocycles. The molecule has 1 heterocycles. The molecule has 0 amide bonds. The average molecular weight is 216 g/mol. The first-order chi connectivity index (χ1) is 7.11. The lowest BCUT2D eigenvalue weighted by molar-refractivity contribution is 0.307. The smallest absolute Gasteiger partial charge is 0.283 e. The fourth-order valence-electron chi connectivity index (χ4n) is 0.826. The first-order valence-electron chi connectivity index (χ1n) is 5.43. The fraction of sp³-hybridized carbons (Fsp3) is 0.727. The van der Waals surface area contributed by atoms with Crippen LogP contribution in [0, 0.1) is 6.92 Å². The number of nitrogens with one attached hydrogen (secondary N) is 1. The summed E-state index contributed by atoms with van der Waals surface area (Å²) in [6.07, 6.45) is 0. The van der Waals surface area contributed by atoms with Crippen LogP contribution < -0.4 is 5.56 Å². The molecule has 90 valence electrons. The normalized spacial score (nSPS) is 8.80. The number of aromatic nitrogens is 1. The highest BCUT2D eigenvalue weighted by Gasteiger charge is 2.07. The van der Waals surface area contributed by atoms with Crippen molar-refractivity contribution in [3.05, 3.63) is 21.7 Å². The van der Waals surface area contributed by atoms with Gasteiger partial charge in [0.25, 0.3) is 5.56 Å². The van der Waals surface area contributed by atoms with Gasteiger partial charge < -0.3 is 9.42 Å². The topological polar surface area (TPSA) is 49.2 Å². The van der Waals surface area contributed by atoms with Crippen molar-refractivity contribution in [1.29, 1.82) is 0 Å². The van der Waals surface area contributed by atoms with Crippen LogP contribution in [0.3, 0.4) is 0 Å². The second kappa shape index (κ2) is 9.52. The molecule has 15 heavy (non-hydrogen) atoms. The van der Waals surface area contributed by atoms with Crippen molar-refractivity contribution >= 4 is 0 Å². The zero-order chi connectivity index (χ0) is 12.4. The predicted octanol–water partition coefficient (Wildman–Crippen LogP) is 2.39. The first kappa shape index (κ1) is 16.4. The Kier molecular flexibility index (Phi) is 10.4. The second-order valence-electron chi connectivity index (χ2n) is 2.82. The van der Waals surface area contributed by atoms with E-state index in [2.05, 4.69) is 5.16 Å². The van der Waals surface area contributed by atoms with Crippen molar-refractivity contribution in [3.8, 4) is 0 Å². The van der Waals surface area contributed by atoms with Gasteiger partial charge in [0.2, 0.25) is 0 Å². The van der Waals surface area contributed by atoms with E-state index in [1.165, 1.54) is 0 Å². The molecule has 1 aromatic rings. The molecule has 4 nitrogen and oxygen atoms in total. The summed E-state index contributed by atoms with van der Waals surface area (Å²) >= 11 is 0. The zero-order valence-electron chi connectivity index (χ0n) is 11.0. The number of nitrogens with zero attached hydrogens (tertiary/aromatic N) is 1. The van der Waals surface area contributed by atoms with Crippen LogP contribution in [0.2, 0.25) is 0 Å². The Labute approximate surface area is 92.2 Å². The Morgan fingerprint density at radius 1 is 1.20 bits per heavy atom. The molecule has 4 heteroatoms. The highest BCUT2D eigenvalue weighted by molar-refractivity contribution is 5.10. The van der Waals surface area contributed by atoms with Gasteiger partial charge in [-0.25, -0.2) is 0 Å². The fourth-order valence-corrected chi connectivity index (χ4v) is 0.826. The lowest BCUT2D eigenvalue weighted by Gasteiger charge is -2.05. The van der Waals surface area contributed by atoms with Crippen LogP contribution >= 0.6 is 0 Å². The average Bonchev–Trinajstić information content (AvgIpc) is 2.55. The molecule has 0 fully saturated rings. The van der Waals surface area contributed by atoms with E-state index in [4.69, 9.17) is 4.52 Å². The highest BCUT2D eigenvalue weighted by atomic mass is 16.5. The van der Waals surface area contributed by atoms with Gasteiger partial charge in [-0.2, -0.15) is 5.16 Å². The number of aromatic amines is 1. The molecular weight excluding hydrogens is 192 g/mol. The van der Waals surface area contributed by atoms with E-state index in [9.17, 15) is 4.79 Å². The van der Waals surface area contributed by atoms with E-state index in [0.717, 1.165) is 0 Å². The van der Waals surface area contributed by atoms with Crippen LogP contribution in [0.25, 0.3) is 0 Å². The maximum Gasteiger partial charge on any atom is 0.283 e. The molecular formula is C11H24N2O2. The highest BCUT2D eigenvalue weighted by Crippen LogP contribution is 2.02. The number of rotatable bonds is 2. The van der Waals surface area contributed by atoms with E-state index >= 15 is 0 Å². The summed E-state index contributed by atoms with van der Waals surface area (Å²) in [6, 6.07) is 0. The van der Waals surface area contributed by atoms with Crippen molar-refractivity contribution in [1.82, 2.24) is 10.1 Å². The molecule has 0 bridgehead atoms. The van der Waals surface area contributed by atoms with Crippen LogP contribution in [0.4, 0.5) is 0 Å². The summed E-state index contributed by atoms with van der Waals surface area (Å²) in [6.45, 7) is 10.4. The Hall–Kier alpha value is -1.03. The SMILES string of the molecule is CC.CC.Cc1c(CN(C)C)o[nH]c1=O. The Bertz CT molecular complexity index is 287. The number of hydrogen-bond donors (Lipinski definition) is 1. The molecule has 1 N–H and O–H groups in total. The van der Waals surface area contributed by atoms with Gasteiger partial charge in [0, 0.05) is 0 Å². The van der Waals surface area contributed by atoms with E-state index in [-0.39, 0.29) is 5.56 Å². The molecule has 1 rings (SSSR count). The lowest BCUT2D eigenvalue weighted by atomic mass is 10.3. The monoisotopic (exact) mass is 216 g/mol. The van der Waals surface area contributed by atoms with Crippen molar-refractivity contribution < 1.29 is 4.52 Å². The zero-order valence-corrected chi connectivity index (χ0v) is 11.0. The number of H-pyrrole nitrogens is 1. The first-order valence-corrected chi connectivity index (χ1v) is 5.43. The third-order valence-electron chi connectivity index (χ3n) is 1.49. The minimum atomic E-state index is -0.137. The van der Waals surface area contributed by atoms with E-state index in [1.807, 2.05) is 46.7 Å². The molecule has 0 spiro atoms. The molecule has 0 aliphatic rings. The third kappa shape index (κ3) is 6.12. The Morgan fingerprint density at radius 2 is 1.67 bits per heavy atom. The second-order valence-corrected chi connectivity index (χ2v) is 2.82. The van der Waals surface area contributed by atoms with Crippen LogP contribution in [0.5, 0.6) is 0 Å². The van der Waals surface area contributed by atoms with Gasteiger partial charge in [-0.05, 0) is 21.0 Å². The van der Waals surface area contributed by atoms with E-state index in [1.54, 1.807) is 6.92 Å². The van der Waals surface area contributed by atoms with Gasteiger partial charge >= 0.3 is 0 Å². The van der Waals surface area contributed by atoms with Crippen LogP contribution in [0.15, 0.2) is 9.32 Å². The standard InChI is InChI=1S/C7H12N2O2.2C2H6/c1-5-6(4-9(2)3)11-8-7(5)10;2*1-2/h4H2,1-3H3,(H,8,10);2*1-2H3. The summed E-state index contributed by atoms with van der Waals surface area (Å²) < 4.78 is 4.93. The minimum Gasteiger partial charge on any atom is -0.382 e. The molecule has 0 atom stereocenters. The number of hydrogen-bond acceptors (Lipinski definition) is 3. The van der Waals surface area contributed by atoms with Crippen molar-refractivity contribution in [2.75, 3.05) is 14.1 Å². The van der Waals surface area contributed by atoms with Gasteiger partial charge in [-0.1, -0.05) is 27.7 Å². The Balaban J connectivity index is 0. The molecule has 0 aromatic carbocycles. The van der Waals surface area contributed by atoms with Crippen LogP contribution in [0.1, 0.15) is 39.0 Å². The van der Waals surface area contributed by atoms with Crippen molar-refractivity contribution in [2.45, 2.75) is 41.2 Å². The molecule has 0 saturated heterocycles. The summed E-state index contributed by atoms with van der Waals surface area (Å²) in [5.41, 5.74) is 0.528. The van der Waals surface area contributed by atoms with E-state index < -0.39 is 0 Å². The largest absolute Gasteiger partial charge is 0.382 e. The van der Waals surface area contributed by atoms with Crippen molar-refractivity contribution in [2.24, 2.45) is 0 Å². The predicted molar refractivity (Wildman–Crippen MR) is 64.2 cm³/mol. The third-order valence-corrected chi connectivity index (χ3v) is 1.49. The minimum absolute atomic E-state index is 0.137. The molecule has 1 aromatic heterocycles. The summed E-state index contributed by atoms with van der Waals surface area (Å²) in [4.78, 5) is 12.8. The van der Waals surface area contributed by atoms with Gasteiger partial charge in [-0.3, -0.25) is 4.79 Å². The van der Waals surface area contributed by atoms with Gasteiger partial charge in [0.15, 0.2) is 5.76 Å². The maximum absolute atomic E-state index is 10.9. The Morgan fingerprint density at radius 3 is 1.93 bits per heavy atom. The maximum atomic E-state index is 10.9. The molecule has 0 unspecified atom stereocenters. The van der Waals surface area contributed by atoms with Crippen LogP contribution in [-0.4, -0.2) is 24.2 Å². The molecule has 0 aliphatic heterocycles. The van der Waals surface area contributed by atoms with Gasteiger partial charge in [-0.15, -0.1) is 0 Å². The van der Waals surface area contributed by atoms with E-state index in [0.29, 0.717) is 17.9 Å². The molecule has 0 saturated carbocycles. The summed E-state index contributed by atoms with van der Waals surface area (Å²) in [5, 5.41) is 2.29. The lowest BCUT2D eigenvalue weighted by Crippen LogP contribution is -2.12. The van der Waals surface area contributed by atoms with Gasteiger partial charge in [0.1, 0.15) is 0 Å². The summed E-state index contributed by atoms with van der Waals surface area (Å²) in [5.74, 6) is 0.708. The van der Waals surface area contributed by atoms with Crippen molar-refractivity contribution in [3.63, 3.8) is 0 Å². The quantitative estimate of drug-likeness (QED) is 0.825.